The largest absolute Gasteiger partial charge is 0.330 e. The van der Waals surface area contributed by atoms with E-state index in [0.717, 1.165) is 17.7 Å². The molecule has 2 N–H and O–H groups in total. The predicted octanol–water partition coefficient (Wildman–Crippen LogP) is 3.77. The van der Waals surface area contributed by atoms with Crippen LogP contribution in [0.5, 0.6) is 0 Å². The molecular weight excluding hydrogens is 214 g/mol. The van der Waals surface area contributed by atoms with Crippen LogP contribution in [0.2, 0.25) is 0 Å². The van der Waals surface area contributed by atoms with Crippen LogP contribution < -0.4 is 5.73 Å². The van der Waals surface area contributed by atoms with Gasteiger partial charge in [0.15, 0.2) is 0 Å². The molecule has 0 atom stereocenters. The predicted molar refractivity (Wildman–Crippen MR) is 74.2 cm³/mol. The zero-order valence-electron chi connectivity index (χ0n) is 10.4. The summed E-state index contributed by atoms with van der Waals surface area (Å²) in [4.78, 5) is 1.08. The van der Waals surface area contributed by atoms with Crippen molar-refractivity contribution in [1.29, 1.82) is 0 Å². The summed E-state index contributed by atoms with van der Waals surface area (Å²) in [6.07, 6.45) is 4.63. The number of hydrogen-bond acceptors (Lipinski definition) is 2. The molecule has 90 valence electrons. The molecule has 0 unspecified atom stereocenters. The van der Waals surface area contributed by atoms with Crippen LogP contribution >= 0.6 is 12.6 Å². The first kappa shape index (κ1) is 13.6. The molecule has 0 saturated heterocycles. The van der Waals surface area contributed by atoms with Gasteiger partial charge in [-0.05, 0) is 24.5 Å². The average molecular weight is 237 g/mol. The smallest absolute Gasteiger partial charge is 0.00863 e. The number of rotatable bonds is 6. The quantitative estimate of drug-likeness (QED) is 0.724. The van der Waals surface area contributed by atoms with Crippen molar-refractivity contribution in [2.75, 3.05) is 6.54 Å². The van der Waals surface area contributed by atoms with Gasteiger partial charge in [0.2, 0.25) is 0 Å². The standard InChI is InChI=1S/C14H23NS/c1-3-9-14(11-15,10-4-2)12-7-5-6-8-13(12)16/h5-8,16H,3-4,9-11,15H2,1-2H3. The molecule has 0 aliphatic carbocycles. The normalized spacial score (nSPS) is 11.8. The fraction of sp³-hybridized carbons (Fsp3) is 0.571. The van der Waals surface area contributed by atoms with Gasteiger partial charge in [-0.3, -0.25) is 0 Å². The highest BCUT2D eigenvalue weighted by Gasteiger charge is 2.30. The van der Waals surface area contributed by atoms with Crippen LogP contribution in [0.4, 0.5) is 0 Å². The zero-order chi connectivity index (χ0) is 12.0. The Labute approximate surface area is 105 Å². The minimum atomic E-state index is 0.127. The molecule has 0 aromatic heterocycles. The van der Waals surface area contributed by atoms with E-state index in [0.29, 0.717) is 6.54 Å². The SMILES string of the molecule is CCCC(CN)(CCC)c1ccccc1S. The van der Waals surface area contributed by atoms with Crippen LogP contribution in [0.15, 0.2) is 29.2 Å². The second kappa shape index (κ2) is 6.31. The van der Waals surface area contributed by atoms with E-state index in [9.17, 15) is 0 Å². The highest BCUT2D eigenvalue weighted by Crippen LogP contribution is 2.36. The molecule has 0 heterocycles. The Morgan fingerprint density at radius 3 is 2.12 bits per heavy atom. The van der Waals surface area contributed by atoms with E-state index >= 15 is 0 Å². The van der Waals surface area contributed by atoms with E-state index in [1.807, 2.05) is 6.07 Å². The monoisotopic (exact) mass is 237 g/mol. The Kier molecular flexibility index (Phi) is 5.36. The number of nitrogens with two attached hydrogens (primary N) is 1. The molecule has 0 spiro atoms. The number of benzene rings is 1. The summed E-state index contributed by atoms with van der Waals surface area (Å²) >= 11 is 4.58. The molecular formula is C14H23NS. The summed E-state index contributed by atoms with van der Waals surface area (Å²) in [6, 6.07) is 8.37. The van der Waals surface area contributed by atoms with Crippen molar-refractivity contribution in [3.8, 4) is 0 Å². The van der Waals surface area contributed by atoms with E-state index in [1.54, 1.807) is 0 Å². The maximum Gasteiger partial charge on any atom is 0.00863 e. The van der Waals surface area contributed by atoms with Crippen molar-refractivity contribution in [3.05, 3.63) is 29.8 Å². The molecule has 0 aliphatic rings. The maximum absolute atomic E-state index is 6.05. The Morgan fingerprint density at radius 2 is 1.69 bits per heavy atom. The summed E-state index contributed by atoms with van der Waals surface area (Å²) in [5.41, 5.74) is 7.50. The average Bonchev–Trinajstić information content (AvgIpc) is 2.29. The van der Waals surface area contributed by atoms with E-state index < -0.39 is 0 Å². The minimum absolute atomic E-state index is 0.127. The van der Waals surface area contributed by atoms with Gasteiger partial charge in [0.05, 0.1) is 0 Å². The van der Waals surface area contributed by atoms with Gasteiger partial charge < -0.3 is 5.73 Å². The van der Waals surface area contributed by atoms with Gasteiger partial charge in [0, 0.05) is 16.9 Å². The lowest BCUT2D eigenvalue weighted by molar-refractivity contribution is 0.360. The first-order chi connectivity index (χ1) is 7.70. The van der Waals surface area contributed by atoms with Crippen molar-refractivity contribution in [2.24, 2.45) is 5.73 Å². The van der Waals surface area contributed by atoms with E-state index in [-0.39, 0.29) is 5.41 Å². The third-order valence-electron chi connectivity index (χ3n) is 3.32. The van der Waals surface area contributed by atoms with Crippen molar-refractivity contribution >= 4 is 12.6 Å². The van der Waals surface area contributed by atoms with Crippen LogP contribution in [0.25, 0.3) is 0 Å². The summed E-state index contributed by atoms with van der Waals surface area (Å²) in [7, 11) is 0. The zero-order valence-corrected chi connectivity index (χ0v) is 11.3. The minimum Gasteiger partial charge on any atom is -0.330 e. The number of hydrogen-bond donors (Lipinski definition) is 2. The Bertz CT molecular complexity index is 316. The summed E-state index contributed by atoms with van der Waals surface area (Å²) in [5.74, 6) is 0. The highest BCUT2D eigenvalue weighted by atomic mass is 32.1. The highest BCUT2D eigenvalue weighted by molar-refractivity contribution is 7.80. The molecule has 1 nitrogen and oxygen atoms in total. The van der Waals surface area contributed by atoms with Gasteiger partial charge >= 0.3 is 0 Å². The van der Waals surface area contributed by atoms with E-state index in [4.69, 9.17) is 5.73 Å². The van der Waals surface area contributed by atoms with Gasteiger partial charge in [-0.2, -0.15) is 0 Å². The Hall–Kier alpha value is -0.470. The third kappa shape index (κ3) is 2.80. The van der Waals surface area contributed by atoms with Crippen molar-refractivity contribution in [2.45, 2.75) is 49.8 Å². The molecule has 0 fully saturated rings. The lowest BCUT2D eigenvalue weighted by Crippen LogP contribution is -2.35. The lowest BCUT2D eigenvalue weighted by atomic mass is 9.73. The molecule has 0 amide bonds. The van der Waals surface area contributed by atoms with Crippen LogP contribution in [-0.2, 0) is 5.41 Å². The van der Waals surface area contributed by atoms with Gasteiger partial charge in [0.1, 0.15) is 0 Å². The van der Waals surface area contributed by atoms with Crippen molar-refractivity contribution in [3.63, 3.8) is 0 Å². The molecule has 0 saturated carbocycles. The summed E-state index contributed by atoms with van der Waals surface area (Å²) in [6.45, 7) is 5.16. The van der Waals surface area contributed by atoms with E-state index in [1.165, 1.54) is 18.4 Å². The second-order valence-electron chi connectivity index (χ2n) is 4.50. The van der Waals surface area contributed by atoms with Crippen molar-refractivity contribution < 1.29 is 0 Å². The summed E-state index contributed by atoms with van der Waals surface area (Å²) < 4.78 is 0. The second-order valence-corrected chi connectivity index (χ2v) is 4.98. The topological polar surface area (TPSA) is 26.0 Å². The Morgan fingerprint density at radius 1 is 1.12 bits per heavy atom. The summed E-state index contributed by atoms with van der Waals surface area (Å²) in [5, 5.41) is 0. The third-order valence-corrected chi connectivity index (χ3v) is 3.71. The maximum atomic E-state index is 6.05. The fourth-order valence-electron chi connectivity index (χ4n) is 2.59. The molecule has 1 rings (SSSR count). The van der Waals surface area contributed by atoms with Crippen LogP contribution in [0.3, 0.4) is 0 Å². The van der Waals surface area contributed by atoms with Gasteiger partial charge in [-0.1, -0.05) is 44.9 Å². The Balaban J connectivity index is 3.13. The first-order valence-corrected chi connectivity index (χ1v) is 6.63. The van der Waals surface area contributed by atoms with Gasteiger partial charge in [0.25, 0.3) is 0 Å². The van der Waals surface area contributed by atoms with Crippen molar-refractivity contribution in [1.82, 2.24) is 0 Å². The molecule has 0 bridgehead atoms. The van der Waals surface area contributed by atoms with Gasteiger partial charge in [-0.25, -0.2) is 0 Å². The van der Waals surface area contributed by atoms with Gasteiger partial charge in [-0.15, -0.1) is 12.6 Å². The van der Waals surface area contributed by atoms with E-state index in [2.05, 4.69) is 44.7 Å². The first-order valence-electron chi connectivity index (χ1n) is 6.18. The molecule has 2 heteroatoms. The van der Waals surface area contributed by atoms with Crippen LogP contribution in [0.1, 0.15) is 45.1 Å². The van der Waals surface area contributed by atoms with Crippen LogP contribution in [0, 0.1) is 0 Å². The number of thiol groups is 1. The molecule has 1 aromatic carbocycles. The molecule has 0 aliphatic heterocycles. The lowest BCUT2D eigenvalue weighted by Gasteiger charge is -2.34. The molecule has 0 radical (unpaired) electrons. The van der Waals surface area contributed by atoms with Crippen LogP contribution in [-0.4, -0.2) is 6.54 Å². The fourth-order valence-corrected chi connectivity index (χ4v) is 2.99. The molecule has 16 heavy (non-hydrogen) atoms. The molecule has 1 aromatic rings.